The zero-order valence-electron chi connectivity index (χ0n) is 18.8. The van der Waals surface area contributed by atoms with E-state index >= 15 is 0 Å². The Bertz CT molecular complexity index is 1680. The number of furan rings is 1. The van der Waals surface area contributed by atoms with Crippen LogP contribution in [0.4, 0.5) is 0 Å². The van der Waals surface area contributed by atoms with Crippen molar-refractivity contribution in [3.63, 3.8) is 0 Å². The van der Waals surface area contributed by atoms with Crippen LogP contribution in [0.5, 0.6) is 17.2 Å². The van der Waals surface area contributed by atoms with Crippen molar-refractivity contribution in [2.24, 2.45) is 0 Å². The van der Waals surface area contributed by atoms with E-state index in [9.17, 15) is 5.11 Å². The maximum absolute atomic E-state index is 11.0. The molecule has 0 unspecified atom stereocenters. The number of rotatable bonds is 4. The number of benzene rings is 5. The van der Waals surface area contributed by atoms with Crippen molar-refractivity contribution in [1.29, 1.82) is 0 Å². The summed E-state index contributed by atoms with van der Waals surface area (Å²) in [6, 6.07) is 29.5. The van der Waals surface area contributed by atoms with Gasteiger partial charge in [0.15, 0.2) is 0 Å². The fourth-order valence-corrected chi connectivity index (χ4v) is 4.81. The van der Waals surface area contributed by atoms with Gasteiger partial charge in [-0.15, -0.1) is 0 Å². The maximum atomic E-state index is 11.0. The number of hydrogen-bond acceptors (Lipinski definition) is 4. The van der Waals surface area contributed by atoms with E-state index in [4.69, 9.17) is 13.9 Å². The van der Waals surface area contributed by atoms with E-state index in [1.807, 2.05) is 78.9 Å². The standard InChI is InChI=1S/C30H22O4/c1-32-19-13-11-18(12-14-19)27-24-17-20(33-2)15-16-21(24)30-29(23-8-4-6-10-26(23)34-30)28(27)22-7-3-5-9-25(22)31/h3-17,31H,1-2H3. The van der Waals surface area contributed by atoms with Crippen LogP contribution in [0.25, 0.3) is 55.0 Å². The molecule has 0 radical (unpaired) electrons. The molecular formula is C30H22O4. The minimum absolute atomic E-state index is 0.214. The molecule has 0 saturated carbocycles. The van der Waals surface area contributed by atoms with Crippen LogP contribution in [0.15, 0.2) is 95.4 Å². The average molecular weight is 447 g/mol. The van der Waals surface area contributed by atoms with Gasteiger partial charge < -0.3 is 19.0 Å². The van der Waals surface area contributed by atoms with E-state index < -0.39 is 0 Å². The van der Waals surface area contributed by atoms with Crippen LogP contribution >= 0.6 is 0 Å². The minimum atomic E-state index is 0.214. The Balaban J connectivity index is 1.90. The number of aromatic hydroxyl groups is 1. The second-order valence-corrected chi connectivity index (χ2v) is 8.21. The second-order valence-electron chi connectivity index (χ2n) is 8.21. The molecule has 0 atom stereocenters. The molecule has 4 nitrogen and oxygen atoms in total. The van der Waals surface area contributed by atoms with Gasteiger partial charge in [0.2, 0.25) is 0 Å². The quantitative estimate of drug-likeness (QED) is 0.300. The van der Waals surface area contributed by atoms with Crippen LogP contribution in [-0.2, 0) is 0 Å². The van der Waals surface area contributed by atoms with Gasteiger partial charge in [0.05, 0.1) is 14.2 Å². The van der Waals surface area contributed by atoms with Crippen molar-refractivity contribution in [1.82, 2.24) is 0 Å². The van der Waals surface area contributed by atoms with Gasteiger partial charge in [-0.05, 0) is 59.0 Å². The molecule has 0 amide bonds. The van der Waals surface area contributed by atoms with Gasteiger partial charge in [0.1, 0.15) is 28.4 Å². The normalized spacial score (nSPS) is 11.4. The molecule has 4 heteroatoms. The molecule has 166 valence electrons. The third kappa shape index (κ3) is 3.00. The zero-order chi connectivity index (χ0) is 23.2. The van der Waals surface area contributed by atoms with Crippen molar-refractivity contribution in [3.05, 3.63) is 91.0 Å². The number of ether oxygens (including phenoxy) is 2. The maximum Gasteiger partial charge on any atom is 0.143 e. The molecule has 1 heterocycles. The summed E-state index contributed by atoms with van der Waals surface area (Å²) in [5.74, 6) is 1.75. The molecule has 5 aromatic carbocycles. The van der Waals surface area contributed by atoms with Crippen LogP contribution in [0, 0.1) is 0 Å². The summed E-state index contributed by atoms with van der Waals surface area (Å²) in [6.07, 6.45) is 0. The molecule has 0 bridgehead atoms. The predicted octanol–water partition coefficient (Wildman–Crippen LogP) is 7.80. The molecule has 0 aliphatic heterocycles. The highest BCUT2D eigenvalue weighted by Gasteiger charge is 2.24. The van der Waals surface area contributed by atoms with Gasteiger partial charge >= 0.3 is 0 Å². The molecule has 6 rings (SSSR count). The Morgan fingerprint density at radius 1 is 0.647 bits per heavy atom. The lowest BCUT2D eigenvalue weighted by Crippen LogP contribution is -1.92. The van der Waals surface area contributed by atoms with Crippen molar-refractivity contribution in [3.8, 4) is 39.5 Å². The minimum Gasteiger partial charge on any atom is -0.507 e. The third-order valence-corrected chi connectivity index (χ3v) is 6.39. The predicted molar refractivity (Wildman–Crippen MR) is 137 cm³/mol. The smallest absolute Gasteiger partial charge is 0.143 e. The van der Waals surface area contributed by atoms with E-state index in [2.05, 4.69) is 6.07 Å². The van der Waals surface area contributed by atoms with Gasteiger partial charge in [-0.3, -0.25) is 0 Å². The number of hydrogen-bond donors (Lipinski definition) is 1. The Morgan fingerprint density at radius 3 is 2.12 bits per heavy atom. The summed E-state index contributed by atoms with van der Waals surface area (Å²) in [5.41, 5.74) is 5.26. The van der Waals surface area contributed by atoms with Crippen LogP contribution in [0.2, 0.25) is 0 Å². The second kappa shape index (κ2) is 7.85. The number of phenolic OH excluding ortho intramolecular Hbond substituents is 1. The van der Waals surface area contributed by atoms with Gasteiger partial charge in [-0.25, -0.2) is 0 Å². The summed E-state index contributed by atoms with van der Waals surface area (Å²) in [7, 11) is 3.32. The molecule has 1 N–H and O–H groups in total. The zero-order valence-corrected chi connectivity index (χ0v) is 18.8. The van der Waals surface area contributed by atoms with Gasteiger partial charge in [0.25, 0.3) is 0 Å². The number of phenols is 1. The molecule has 6 aromatic rings. The third-order valence-electron chi connectivity index (χ3n) is 6.39. The highest BCUT2D eigenvalue weighted by molar-refractivity contribution is 6.27. The van der Waals surface area contributed by atoms with E-state index in [1.54, 1.807) is 20.3 Å². The summed E-state index contributed by atoms with van der Waals surface area (Å²) < 4.78 is 17.4. The fourth-order valence-electron chi connectivity index (χ4n) is 4.81. The Hall–Kier alpha value is -4.44. The van der Waals surface area contributed by atoms with E-state index in [0.717, 1.165) is 66.5 Å². The first-order valence-corrected chi connectivity index (χ1v) is 11.1. The van der Waals surface area contributed by atoms with E-state index in [-0.39, 0.29) is 5.75 Å². The number of fused-ring (bicyclic) bond motifs is 5. The topological polar surface area (TPSA) is 51.8 Å². The summed E-state index contributed by atoms with van der Waals surface area (Å²) in [4.78, 5) is 0. The molecular weight excluding hydrogens is 424 g/mol. The van der Waals surface area contributed by atoms with Crippen molar-refractivity contribution in [2.75, 3.05) is 14.2 Å². The average Bonchev–Trinajstić information content (AvgIpc) is 3.28. The summed E-state index contributed by atoms with van der Waals surface area (Å²) in [6.45, 7) is 0. The Labute approximate surface area is 196 Å². The molecule has 0 saturated heterocycles. The first-order chi connectivity index (χ1) is 16.7. The van der Waals surface area contributed by atoms with E-state index in [1.165, 1.54) is 0 Å². The monoisotopic (exact) mass is 446 g/mol. The molecule has 1 aromatic heterocycles. The first-order valence-electron chi connectivity index (χ1n) is 11.1. The fraction of sp³-hybridized carbons (Fsp3) is 0.0667. The lowest BCUT2D eigenvalue weighted by atomic mass is 9.86. The van der Waals surface area contributed by atoms with Gasteiger partial charge in [0, 0.05) is 27.3 Å². The van der Waals surface area contributed by atoms with Crippen LogP contribution in [-0.4, -0.2) is 19.3 Å². The number of para-hydroxylation sites is 2. The largest absolute Gasteiger partial charge is 0.507 e. The van der Waals surface area contributed by atoms with E-state index in [0.29, 0.717) is 0 Å². The molecule has 0 fully saturated rings. The van der Waals surface area contributed by atoms with Crippen LogP contribution < -0.4 is 9.47 Å². The van der Waals surface area contributed by atoms with Crippen LogP contribution in [0.1, 0.15) is 0 Å². The first kappa shape index (κ1) is 20.2. The Morgan fingerprint density at radius 2 is 1.35 bits per heavy atom. The van der Waals surface area contributed by atoms with Gasteiger partial charge in [-0.1, -0.05) is 48.5 Å². The lowest BCUT2D eigenvalue weighted by molar-refractivity contribution is 0.415. The van der Waals surface area contributed by atoms with Crippen LogP contribution in [0.3, 0.4) is 0 Å². The molecule has 0 spiro atoms. The van der Waals surface area contributed by atoms with Crippen molar-refractivity contribution >= 4 is 32.7 Å². The SMILES string of the molecule is COc1ccc(-c2c(-c3ccccc3O)c3c4ccccc4oc3c3ccc(OC)cc23)cc1. The summed E-state index contributed by atoms with van der Waals surface area (Å²) >= 11 is 0. The molecule has 0 aliphatic carbocycles. The lowest BCUT2D eigenvalue weighted by Gasteiger charge is -2.18. The van der Waals surface area contributed by atoms with Crippen molar-refractivity contribution in [2.45, 2.75) is 0 Å². The highest BCUT2D eigenvalue weighted by Crippen LogP contribution is 2.50. The molecule has 0 aliphatic rings. The molecule has 34 heavy (non-hydrogen) atoms. The summed E-state index contributed by atoms with van der Waals surface area (Å²) in [5, 5.41) is 14.9. The van der Waals surface area contributed by atoms with Crippen molar-refractivity contribution < 1.29 is 19.0 Å². The highest BCUT2D eigenvalue weighted by atomic mass is 16.5. The number of methoxy groups -OCH3 is 2. The van der Waals surface area contributed by atoms with Gasteiger partial charge in [-0.2, -0.15) is 0 Å². The Kier molecular flexibility index (Phi) is 4.66.